The van der Waals surface area contributed by atoms with Gasteiger partial charge in [-0.15, -0.1) is 0 Å². The number of fused-ring (bicyclic) bond motifs is 1. The summed E-state index contributed by atoms with van der Waals surface area (Å²) in [6.45, 7) is 0. The van der Waals surface area contributed by atoms with Crippen molar-refractivity contribution in [3.63, 3.8) is 0 Å². The molecule has 1 aliphatic heterocycles. The average molecular weight is 498 g/mol. The normalized spacial score (nSPS) is 14.8. The summed E-state index contributed by atoms with van der Waals surface area (Å²) in [5.74, 6) is -0.0140. The zero-order valence-electron chi connectivity index (χ0n) is 19.1. The molecule has 0 saturated carbocycles. The molecule has 0 saturated heterocycles. The number of benzene rings is 2. The third-order valence-corrected chi connectivity index (χ3v) is 6.11. The average Bonchev–Trinajstić information content (AvgIpc) is 3.64. The van der Waals surface area contributed by atoms with E-state index in [0.717, 1.165) is 22.0 Å². The molecule has 1 amide bonds. The molecule has 0 spiro atoms. The minimum Gasteiger partial charge on any atom is -0.470 e. The van der Waals surface area contributed by atoms with Gasteiger partial charge in [0.25, 0.3) is 5.91 Å². The number of halogens is 1. The predicted molar refractivity (Wildman–Crippen MR) is 135 cm³/mol. The van der Waals surface area contributed by atoms with Gasteiger partial charge in [-0.1, -0.05) is 41.9 Å². The molecule has 0 aliphatic carbocycles. The van der Waals surface area contributed by atoms with Gasteiger partial charge in [0, 0.05) is 46.5 Å². The molecule has 178 valence electrons. The quantitative estimate of drug-likeness (QED) is 0.361. The SMILES string of the molecule is Cn1cc(-c2nc(C(=O)NN3C=COC3c3c[nH]c4ccccc34)cc(-c3ccc(Cl)cc3)n2)cn1. The second-order valence-electron chi connectivity index (χ2n) is 8.28. The smallest absolute Gasteiger partial charge is 0.288 e. The number of hydrazine groups is 1. The summed E-state index contributed by atoms with van der Waals surface area (Å²) in [7, 11) is 1.81. The van der Waals surface area contributed by atoms with Gasteiger partial charge in [-0.05, 0) is 24.3 Å². The Hall–Kier alpha value is -4.63. The molecule has 0 bridgehead atoms. The number of aromatic amines is 1. The van der Waals surface area contributed by atoms with Crippen molar-refractivity contribution in [1.29, 1.82) is 0 Å². The van der Waals surface area contributed by atoms with Gasteiger partial charge in [-0.25, -0.2) is 15.0 Å². The molecular weight excluding hydrogens is 478 g/mol. The number of hydrogen-bond acceptors (Lipinski definition) is 6. The Balaban J connectivity index is 1.34. The number of amides is 1. The largest absolute Gasteiger partial charge is 0.470 e. The van der Waals surface area contributed by atoms with Gasteiger partial charge in [0.2, 0.25) is 6.23 Å². The van der Waals surface area contributed by atoms with E-state index in [9.17, 15) is 4.79 Å². The highest BCUT2D eigenvalue weighted by Crippen LogP contribution is 2.32. The number of aryl methyl sites for hydroxylation is 1. The number of H-pyrrole nitrogens is 1. The Kier molecular flexibility index (Phi) is 5.38. The van der Waals surface area contributed by atoms with Gasteiger partial charge in [0.1, 0.15) is 12.0 Å². The van der Waals surface area contributed by atoms with E-state index in [2.05, 4.69) is 25.5 Å². The van der Waals surface area contributed by atoms with Crippen LogP contribution in [-0.4, -0.2) is 35.6 Å². The van der Waals surface area contributed by atoms with Gasteiger partial charge >= 0.3 is 0 Å². The van der Waals surface area contributed by atoms with Crippen LogP contribution >= 0.6 is 11.6 Å². The van der Waals surface area contributed by atoms with Gasteiger partial charge in [0.05, 0.1) is 23.7 Å². The van der Waals surface area contributed by atoms with Crippen LogP contribution in [0.2, 0.25) is 5.02 Å². The highest BCUT2D eigenvalue weighted by atomic mass is 35.5. The third-order valence-electron chi connectivity index (χ3n) is 5.86. The Bertz CT molecular complexity index is 1610. The molecular formula is C26H20ClN7O2. The second-order valence-corrected chi connectivity index (χ2v) is 8.72. The minimum absolute atomic E-state index is 0.201. The van der Waals surface area contributed by atoms with Gasteiger partial charge in [-0.2, -0.15) is 5.10 Å². The van der Waals surface area contributed by atoms with Crippen molar-refractivity contribution in [2.24, 2.45) is 7.05 Å². The summed E-state index contributed by atoms with van der Waals surface area (Å²) in [6, 6.07) is 16.8. The molecule has 1 aliphatic rings. The first-order chi connectivity index (χ1) is 17.5. The molecule has 0 fully saturated rings. The van der Waals surface area contributed by atoms with Crippen molar-refractivity contribution < 1.29 is 9.53 Å². The number of carbonyl (C=O) groups excluding carboxylic acids is 1. The topological polar surface area (TPSA) is 101 Å². The maximum atomic E-state index is 13.4. The summed E-state index contributed by atoms with van der Waals surface area (Å²) in [4.78, 5) is 25.9. The highest BCUT2D eigenvalue weighted by molar-refractivity contribution is 6.30. The molecule has 9 nitrogen and oxygen atoms in total. The molecule has 2 aromatic carbocycles. The number of nitrogens with zero attached hydrogens (tertiary/aromatic N) is 5. The summed E-state index contributed by atoms with van der Waals surface area (Å²) in [5.41, 5.74) is 7.09. The molecule has 3 aromatic heterocycles. The highest BCUT2D eigenvalue weighted by Gasteiger charge is 2.28. The van der Waals surface area contributed by atoms with E-state index in [4.69, 9.17) is 16.3 Å². The maximum absolute atomic E-state index is 13.4. The fourth-order valence-electron chi connectivity index (χ4n) is 4.11. The van der Waals surface area contributed by atoms with Crippen LogP contribution in [0, 0.1) is 0 Å². The first-order valence-electron chi connectivity index (χ1n) is 11.2. The zero-order chi connectivity index (χ0) is 24.6. The fourth-order valence-corrected chi connectivity index (χ4v) is 4.23. The molecule has 4 heterocycles. The van der Waals surface area contributed by atoms with Crippen molar-refractivity contribution in [2.45, 2.75) is 6.23 Å². The molecule has 10 heteroatoms. The van der Waals surface area contributed by atoms with Crippen molar-refractivity contribution in [3.8, 4) is 22.6 Å². The van der Waals surface area contributed by atoms with E-state index in [1.807, 2.05) is 49.6 Å². The summed E-state index contributed by atoms with van der Waals surface area (Å²) in [6.07, 6.45) is 8.03. The number of carbonyl (C=O) groups is 1. The van der Waals surface area contributed by atoms with Gasteiger partial charge in [-0.3, -0.25) is 14.9 Å². The van der Waals surface area contributed by atoms with Crippen LogP contribution in [0.5, 0.6) is 0 Å². The minimum atomic E-state index is -0.527. The Morgan fingerprint density at radius 3 is 2.75 bits per heavy atom. The summed E-state index contributed by atoms with van der Waals surface area (Å²) in [5, 5.41) is 7.45. The second kappa shape index (κ2) is 8.86. The molecule has 1 atom stereocenters. The van der Waals surface area contributed by atoms with Crippen LogP contribution in [0.15, 0.2) is 85.6 Å². The molecule has 5 aromatic rings. The van der Waals surface area contributed by atoms with E-state index >= 15 is 0 Å². The van der Waals surface area contributed by atoms with Crippen LogP contribution in [0.4, 0.5) is 0 Å². The number of hydrogen-bond donors (Lipinski definition) is 2. The van der Waals surface area contributed by atoms with Crippen molar-refractivity contribution in [2.75, 3.05) is 0 Å². The molecule has 2 N–H and O–H groups in total. The first-order valence-corrected chi connectivity index (χ1v) is 11.5. The van der Waals surface area contributed by atoms with E-state index in [1.54, 1.807) is 52.7 Å². The summed E-state index contributed by atoms with van der Waals surface area (Å²) < 4.78 is 7.47. The molecule has 6 rings (SSSR count). The monoisotopic (exact) mass is 497 g/mol. The van der Waals surface area contributed by atoms with Crippen molar-refractivity contribution in [3.05, 3.63) is 102 Å². The van der Waals surface area contributed by atoms with Crippen LogP contribution in [0.3, 0.4) is 0 Å². The van der Waals surface area contributed by atoms with Crippen LogP contribution < -0.4 is 5.43 Å². The fraction of sp³-hybridized carbons (Fsp3) is 0.0769. The van der Waals surface area contributed by atoms with E-state index < -0.39 is 12.1 Å². The van der Waals surface area contributed by atoms with Crippen LogP contribution in [-0.2, 0) is 11.8 Å². The number of para-hydroxylation sites is 1. The lowest BCUT2D eigenvalue weighted by Crippen LogP contribution is -2.39. The van der Waals surface area contributed by atoms with E-state index in [-0.39, 0.29) is 5.69 Å². The maximum Gasteiger partial charge on any atom is 0.288 e. The number of ether oxygens (including phenoxy) is 1. The summed E-state index contributed by atoms with van der Waals surface area (Å²) >= 11 is 6.06. The van der Waals surface area contributed by atoms with Crippen LogP contribution in [0.1, 0.15) is 22.3 Å². The first kappa shape index (κ1) is 21.9. The molecule has 36 heavy (non-hydrogen) atoms. The van der Waals surface area contributed by atoms with Crippen LogP contribution in [0.25, 0.3) is 33.5 Å². The Labute approximate surface area is 211 Å². The molecule has 0 radical (unpaired) electrons. The Morgan fingerprint density at radius 1 is 1.11 bits per heavy atom. The third kappa shape index (κ3) is 4.05. The number of rotatable bonds is 5. The standard InChI is InChI=1S/C26H20ClN7O2/c1-33-15-17(13-29-33)24-30-22(16-6-8-18(27)9-7-16)12-23(31-24)25(35)32-34-10-11-36-26(34)20-14-28-21-5-3-2-4-19(20)21/h2-15,26,28H,1H3,(H,32,35). The predicted octanol–water partition coefficient (Wildman–Crippen LogP) is 4.83. The lowest BCUT2D eigenvalue weighted by Gasteiger charge is -2.24. The Morgan fingerprint density at radius 2 is 1.94 bits per heavy atom. The van der Waals surface area contributed by atoms with E-state index in [1.165, 1.54) is 0 Å². The number of aromatic nitrogens is 5. The molecule has 1 unspecified atom stereocenters. The van der Waals surface area contributed by atoms with Gasteiger partial charge in [0.15, 0.2) is 5.82 Å². The van der Waals surface area contributed by atoms with E-state index in [0.29, 0.717) is 22.1 Å². The van der Waals surface area contributed by atoms with Crippen molar-refractivity contribution >= 4 is 28.4 Å². The van der Waals surface area contributed by atoms with Crippen molar-refractivity contribution in [1.82, 2.24) is 35.2 Å². The van der Waals surface area contributed by atoms with Gasteiger partial charge < -0.3 is 9.72 Å². The zero-order valence-corrected chi connectivity index (χ0v) is 19.8. The lowest BCUT2D eigenvalue weighted by molar-refractivity contribution is 0.0240. The number of nitrogens with one attached hydrogen (secondary N) is 2. The lowest BCUT2D eigenvalue weighted by atomic mass is 10.1.